The van der Waals surface area contributed by atoms with E-state index in [0.29, 0.717) is 0 Å². The standard InChI is InChI=1S/C26H26N2O2/c1-15-11-17(3)23(18(4)12-15)27-21-9-7-8-10-22(21)28(25(27)26(29)30)24-19(5)13-16(2)14-20(24)6/h7-14H,1-6H3. The van der Waals surface area contributed by atoms with Gasteiger partial charge in [0, 0.05) is 0 Å². The van der Waals surface area contributed by atoms with E-state index in [1.807, 2.05) is 61.1 Å². The van der Waals surface area contributed by atoms with Crippen molar-refractivity contribution < 1.29 is 14.5 Å². The van der Waals surface area contributed by atoms with Gasteiger partial charge in [0.2, 0.25) is 0 Å². The van der Waals surface area contributed by atoms with Crippen molar-refractivity contribution in [1.29, 1.82) is 0 Å². The van der Waals surface area contributed by atoms with Crippen molar-refractivity contribution in [2.75, 3.05) is 0 Å². The third-order valence-electron chi connectivity index (χ3n) is 5.69. The number of carbonyl (C=O) groups is 1. The summed E-state index contributed by atoms with van der Waals surface area (Å²) in [5.41, 5.74) is 9.87. The van der Waals surface area contributed by atoms with E-state index in [2.05, 4.69) is 38.1 Å². The first kappa shape index (κ1) is 19.9. The number of imidazole rings is 1. The lowest BCUT2D eigenvalue weighted by Gasteiger charge is -2.13. The van der Waals surface area contributed by atoms with Crippen LogP contribution < -0.4 is 9.67 Å². The largest absolute Gasteiger partial charge is 0.538 e. The molecule has 4 heteroatoms. The molecular weight excluding hydrogens is 372 g/mol. The Morgan fingerprint density at radius 1 is 0.800 bits per heavy atom. The number of carbonyl (C=O) groups excluding carboxylic acids is 1. The van der Waals surface area contributed by atoms with Gasteiger partial charge in [-0.05, 0) is 75.9 Å². The summed E-state index contributed by atoms with van der Waals surface area (Å²) in [5.74, 6) is -1.08. The number of nitrogens with zero attached hydrogens (tertiary/aromatic N) is 2. The van der Waals surface area contributed by atoms with Gasteiger partial charge in [-0.25, -0.2) is 0 Å². The fourth-order valence-corrected chi connectivity index (χ4v) is 4.86. The number of aryl methyl sites for hydroxylation is 6. The van der Waals surface area contributed by atoms with Crippen LogP contribution in [0.15, 0.2) is 48.5 Å². The fraction of sp³-hybridized carbons (Fsp3) is 0.231. The molecule has 0 saturated carbocycles. The maximum atomic E-state index is 12.6. The van der Waals surface area contributed by atoms with Crippen LogP contribution in [0, 0.1) is 41.5 Å². The van der Waals surface area contributed by atoms with Gasteiger partial charge in [0.15, 0.2) is 17.0 Å². The second-order valence-corrected chi connectivity index (χ2v) is 8.27. The minimum absolute atomic E-state index is 0.126. The molecule has 3 aromatic carbocycles. The van der Waals surface area contributed by atoms with Crippen LogP contribution in [0.25, 0.3) is 22.4 Å². The number of benzene rings is 3. The van der Waals surface area contributed by atoms with E-state index in [0.717, 1.165) is 55.8 Å². The van der Waals surface area contributed by atoms with Gasteiger partial charge in [-0.2, -0.15) is 9.13 Å². The maximum absolute atomic E-state index is 12.6. The molecule has 0 aliphatic rings. The van der Waals surface area contributed by atoms with Crippen molar-refractivity contribution in [1.82, 2.24) is 4.57 Å². The summed E-state index contributed by atoms with van der Waals surface area (Å²) in [5, 5.41) is 12.6. The van der Waals surface area contributed by atoms with E-state index in [-0.39, 0.29) is 5.82 Å². The third kappa shape index (κ3) is 3.00. The molecule has 4 aromatic rings. The Balaban J connectivity index is 2.24. The van der Waals surface area contributed by atoms with Crippen molar-refractivity contribution in [3.63, 3.8) is 0 Å². The summed E-state index contributed by atoms with van der Waals surface area (Å²) in [7, 11) is 0. The molecule has 0 fully saturated rings. The number of hydrogen-bond acceptors (Lipinski definition) is 2. The number of hydrogen-bond donors (Lipinski definition) is 0. The molecule has 1 aromatic heterocycles. The van der Waals surface area contributed by atoms with Gasteiger partial charge in [-0.3, -0.25) is 0 Å². The third-order valence-corrected chi connectivity index (χ3v) is 5.69. The first-order chi connectivity index (χ1) is 14.2. The number of rotatable bonds is 3. The highest BCUT2D eigenvalue weighted by Crippen LogP contribution is 2.29. The Bertz CT molecular complexity index is 1190. The molecule has 0 unspecified atom stereocenters. The molecule has 0 amide bonds. The van der Waals surface area contributed by atoms with Crippen LogP contribution in [-0.2, 0) is 0 Å². The number of aromatic carboxylic acids is 1. The number of fused-ring (bicyclic) bond motifs is 1. The topological polar surface area (TPSA) is 48.9 Å². The Hall–Kier alpha value is -3.40. The first-order valence-electron chi connectivity index (χ1n) is 10.1. The highest BCUT2D eigenvalue weighted by molar-refractivity contribution is 5.88. The van der Waals surface area contributed by atoms with Crippen molar-refractivity contribution in [2.45, 2.75) is 41.5 Å². The molecule has 0 aliphatic carbocycles. The van der Waals surface area contributed by atoms with Gasteiger partial charge in [-0.1, -0.05) is 47.5 Å². The minimum Gasteiger partial charge on any atom is -0.538 e. The second-order valence-electron chi connectivity index (χ2n) is 8.27. The Morgan fingerprint density at radius 3 is 1.83 bits per heavy atom. The quantitative estimate of drug-likeness (QED) is 0.488. The zero-order valence-corrected chi connectivity index (χ0v) is 18.3. The predicted molar refractivity (Wildman–Crippen MR) is 118 cm³/mol. The molecule has 0 aliphatic heterocycles. The van der Waals surface area contributed by atoms with Crippen LogP contribution in [-0.4, -0.2) is 10.5 Å². The summed E-state index contributed by atoms with van der Waals surface area (Å²) in [4.78, 5) is 12.6. The summed E-state index contributed by atoms with van der Waals surface area (Å²) in [6, 6.07) is 16.2. The molecule has 4 nitrogen and oxygen atoms in total. The molecule has 30 heavy (non-hydrogen) atoms. The fourth-order valence-electron chi connectivity index (χ4n) is 4.86. The zero-order valence-electron chi connectivity index (χ0n) is 18.3. The number of para-hydroxylation sites is 2. The van der Waals surface area contributed by atoms with Crippen LogP contribution in [0.5, 0.6) is 0 Å². The predicted octanol–water partition coefficient (Wildman–Crippen LogP) is 4.12. The monoisotopic (exact) mass is 398 g/mol. The van der Waals surface area contributed by atoms with Crippen LogP contribution in [0.4, 0.5) is 0 Å². The van der Waals surface area contributed by atoms with E-state index in [9.17, 15) is 9.90 Å². The minimum atomic E-state index is -1.20. The molecule has 0 saturated heterocycles. The summed E-state index contributed by atoms with van der Waals surface area (Å²) in [6.45, 7) is 12.2. The smallest absolute Gasteiger partial charge is 0.316 e. The molecule has 0 N–H and O–H groups in total. The van der Waals surface area contributed by atoms with E-state index >= 15 is 0 Å². The van der Waals surface area contributed by atoms with Crippen molar-refractivity contribution in [3.05, 3.63) is 87.7 Å². The molecule has 0 bridgehead atoms. The Labute approximate surface area is 177 Å². The number of carboxylic acids is 1. The SMILES string of the molecule is Cc1cc(C)c(-n2c(C(=O)[O-])[n+](-c3c(C)cc(C)cc3C)c3ccccc32)c(C)c1. The van der Waals surface area contributed by atoms with Gasteiger partial charge in [0.05, 0.1) is 0 Å². The van der Waals surface area contributed by atoms with E-state index in [1.165, 1.54) is 0 Å². The van der Waals surface area contributed by atoms with Gasteiger partial charge in [0.25, 0.3) is 0 Å². The van der Waals surface area contributed by atoms with Gasteiger partial charge < -0.3 is 9.90 Å². The maximum Gasteiger partial charge on any atom is 0.316 e. The molecule has 0 spiro atoms. The summed E-state index contributed by atoms with van der Waals surface area (Å²) >= 11 is 0. The summed E-state index contributed by atoms with van der Waals surface area (Å²) in [6.07, 6.45) is 0. The average Bonchev–Trinajstić information content (AvgIpc) is 2.95. The normalized spacial score (nSPS) is 11.3. The highest BCUT2D eigenvalue weighted by Gasteiger charge is 2.31. The average molecular weight is 399 g/mol. The number of carboxylic acid groups (broad SMARTS) is 1. The van der Waals surface area contributed by atoms with Crippen molar-refractivity contribution in [3.8, 4) is 11.4 Å². The molecule has 1 heterocycles. The Morgan fingerprint density at radius 2 is 1.30 bits per heavy atom. The molecule has 152 valence electrons. The van der Waals surface area contributed by atoms with Gasteiger partial charge in [0.1, 0.15) is 11.4 Å². The number of aromatic nitrogens is 2. The Kier molecular flexibility index (Phi) is 4.73. The van der Waals surface area contributed by atoms with E-state index in [4.69, 9.17) is 0 Å². The lowest BCUT2D eigenvalue weighted by Crippen LogP contribution is -2.44. The zero-order chi connectivity index (χ0) is 21.7. The first-order valence-corrected chi connectivity index (χ1v) is 10.1. The van der Waals surface area contributed by atoms with Crippen LogP contribution in [0.3, 0.4) is 0 Å². The molecule has 0 radical (unpaired) electrons. The van der Waals surface area contributed by atoms with Crippen molar-refractivity contribution in [2.24, 2.45) is 0 Å². The lowest BCUT2D eigenvalue weighted by molar-refractivity contribution is -0.575. The van der Waals surface area contributed by atoms with E-state index < -0.39 is 5.97 Å². The van der Waals surface area contributed by atoms with Crippen LogP contribution in [0.1, 0.15) is 44.0 Å². The molecule has 4 rings (SSSR count). The van der Waals surface area contributed by atoms with Crippen LogP contribution in [0.2, 0.25) is 0 Å². The van der Waals surface area contributed by atoms with E-state index in [1.54, 1.807) is 0 Å². The molecule has 0 atom stereocenters. The van der Waals surface area contributed by atoms with Crippen LogP contribution >= 0.6 is 0 Å². The molecular formula is C26H26N2O2. The summed E-state index contributed by atoms with van der Waals surface area (Å²) < 4.78 is 3.68. The highest BCUT2D eigenvalue weighted by atomic mass is 16.4. The van der Waals surface area contributed by atoms with Gasteiger partial charge >= 0.3 is 5.82 Å². The van der Waals surface area contributed by atoms with Gasteiger partial charge in [-0.15, -0.1) is 0 Å². The van der Waals surface area contributed by atoms with Crippen molar-refractivity contribution >= 4 is 17.0 Å². The lowest BCUT2D eigenvalue weighted by atomic mass is 10.0. The second kappa shape index (κ2) is 7.13.